The van der Waals surface area contributed by atoms with Crippen molar-refractivity contribution in [3.8, 4) is 0 Å². The summed E-state index contributed by atoms with van der Waals surface area (Å²) < 4.78 is 1.17. The van der Waals surface area contributed by atoms with Crippen LogP contribution < -0.4 is 9.80 Å². The van der Waals surface area contributed by atoms with Crippen LogP contribution in [0.1, 0.15) is 15.9 Å². The maximum absolute atomic E-state index is 12.7. The van der Waals surface area contributed by atoms with Crippen molar-refractivity contribution in [3.63, 3.8) is 0 Å². The average Bonchev–Trinajstić information content (AvgIpc) is 2.76. The van der Waals surface area contributed by atoms with Gasteiger partial charge in [0.05, 0.1) is 6.20 Å². The summed E-state index contributed by atoms with van der Waals surface area (Å²) in [4.78, 5) is 29.9. The van der Waals surface area contributed by atoms with E-state index >= 15 is 0 Å². The number of pyridine rings is 1. The van der Waals surface area contributed by atoms with Gasteiger partial charge in [-0.05, 0) is 52.4 Å². The third-order valence-corrected chi connectivity index (χ3v) is 5.55. The molecule has 2 aromatic heterocycles. The van der Waals surface area contributed by atoms with E-state index in [2.05, 4.69) is 65.5 Å². The number of Topliss-reactive ketones (excluding diaryl/α,β-unsaturated/α-hetero) is 1. The molecular formula is C21H20IN5O. The van der Waals surface area contributed by atoms with Gasteiger partial charge in [-0.3, -0.25) is 14.8 Å². The molecule has 0 spiro atoms. The quantitative estimate of drug-likeness (QED) is 0.409. The van der Waals surface area contributed by atoms with E-state index in [1.54, 1.807) is 37.1 Å². The molecule has 28 heavy (non-hydrogen) atoms. The smallest absolute Gasteiger partial charge is 0.168 e. The van der Waals surface area contributed by atoms with Crippen molar-refractivity contribution in [1.29, 1.82) is 0 Å². The lowest BCUT2D eigenvalue weighted by atomic mass is 10.0. The zero-order valence-electron chi connectivity index (χ0n) is 15.3. The SMILES string of the molecule is O=C(Cc1ccc(I)cc1N1CCN(c2cnccn2)CC1)c1cccnc1. The minimum atomic E-state index is 0.0914. The molecule has 0 atom stereocenters. The fourth-order valence-electron chi connectivity index (χ4n) is 3.41. The molecule has 1 saturated heterocycles. The number of carbonyl (C=O) groups excluding carboxylic acids is 1. The van der Waals surface area contributed by atoms with Crippen molar-refractivity contribution in [2.75, 3.05) is 36.0 Å². The van der Waals surface area contributed by atoms with E-state index in [1.807, 2.05) is 6.07 Å². The van der Waals surface area contributed by atoms with Crippen LogP contribution in [0.3, 0.4) is 0 Å². The lowest BCUT2D eigenvalue weighted by Gasteiger charge is -2.37. The number of piperazine rings is 1. The van der Waals surface area contributed by atoms with Crippen molar-refractivity contribution < 1.29 is 4.79 Å². The molecule has 3 heterocycles. The van der Waals surface area contributed by atoms with Crippen LogP contribution in [0.5, 0.6) is 0 Å². The standard InChI is InChI=1S/C21H20IN5O/c22-18-4-3-16(12-20(28)17-2-1-5-23-14-17)19(13-18)26-8-10-27(11-9-26)21-15-24-6-7-25-21/h1-7,13-15H,8-12H2. The number of rotatable bonds is 5. The summed E-state index contributed by atoms with van der Waals surface area (Å²) in [7, 11) is 0. The molecule has 0 unspecified atom stereocenters. The van der Waals surface area contributed by atoms with Crippen LogP contribution >= 0.6 is 22.6 Å². The maximum atomic E-state index is 12.7. The monoisotopic (exact) mass is 485 g/mol. The molecule has 0 aliphatic carbocycles. The van der Waals surface area contributed by atoms with Gasteiger partial charge in [-0.1, -0.05) is 6.07 Å². The highest BCUT2D eigenvalue weighted by Gasteiger charge is 2.21. The van der Waals surface area contributed by atoms with Crippen molar-refractivity contribution in [1.82, 2.24) is 15.0 Å². The lowest BCUT2D eigenvalue weighted by molar-refractivity contribution is 0.0992. The van der Waals surface area contributed by atoms with Crippen molar-refractivity contribution in [2.24, 2.45) is 0 Å². The maximum Gasteiger partial charge on any atom is 0.168 e. The van der Waals surface area contributed by atoms with E-state index in [0.29, 0.717) is 12.0 Å². The van der Waals surface area contributed by atoms with Crippen LogP contribution in [0, 0.1) is 3.57 Å². The lowest BCUT2D eigenvalue weighted by Crippen LogP contribution is -2.47. The fourth-order valence-corrected chi connectivity index (χ4v) is 3.89. The second-order valence-electron chi connectivity index (χ2n) is 6.65. The number of carbonyl (C=O) groups is 1. The topological polar surface area (TPSA) is 62.2 Å². The van der Waals surface area contributed by atoms with Crippen LogP contribution in [0.2, 0.25) is 0 Å². The van der Waals surface area contributed by atoms with Crippen LogP contribution in [-0.2, 0) is 6.42 Å². The first-order valence-corrected chi connectivity index (χ1v) is 10.3. The molecule has 4 rings (SSSR count). The fraction of sp³-hybridized carbons (Fsp3) is 0.238. The molecule has 142 valence electrons. The number of hydrogen-bond donors (Lipinski definition) is 0. The zero-order valence-corrected chi connectivity index (χ0v) is 17.5. The van der Waals surface area contributed by atoms with Gasteiger partial charge in [-0.2, -0.15) is 0 Å². The average molecular weight is 485 g/mol. The van der Waals surface area contributed by atoms with Gasteiger partial charge in [-0.15, -0.1) is 0 Å². The Labute approximate surface area is 177 Å². The number of nitrogens with zero attached hydrogens (tertiary/aromatic N) is 5. The Morgan fingerprint density at radius 2 is 1.75 bits per heavy atom. The molecule has 0 bridgehead atoms. The Balaban J connectivity index is 1.50. The second-order valence-corrected chi connectivity index (χ2v) is 7.90. The van der Waals surface area contributed by atoms with Gasteiger partial charge < -0.3 is 9.80 Å². The molecule has 0 saturated carbocycles. The molecule has 0 N–H and O–H groups in total. The van der Waals surface area contributed by atoms with E-state index < -0.39 is 0 Å². The van der Waals surface area contributed by atoms with Crippen molar-refractivity contribution in [3.05, 3.63) is 76.0 Å². The summed E-state index contributed by atoms with van der Waals surface area (Å²) >= 11 is 2.33. The molecule has 1 aromatic carbocycles. The summed E-state index contributed by atoms with van der Waals surface area (Å²) in [5, 5.41) is 0. The minimum Gasteiger partial charge on any atom is -0.368 e. The van der Waals surface area contributed by atoms with E-state index in [0.717, 1.165) is 43.2 Å². The number of halogens is 1. The van der Waals surface area contributed by atoms with E-state index in [9.17, 15) is 4.79 Å². The summed E-state index contributed by atoms with van der Waals surface area (Å²) in [6, 6.07) is 9.92. The molecule has 1 fully saturated rings. The second kappa shape index (κ2) is 8.64. The summed E-state index contributed by atoms with van der Waals surface area (Å²) in [5.41, 5.74) is 2.85. The molecule has 6 nitrogen and oxygen atoms in total. The Morgan fingerprint density at radius 3 is 2.46 bits per heavy atom. The Hall–Kier alpha value is -2.55. The summed E-state index contributed by atoms with van der Waals surface area (Å²) in [6.45, 7) is 3.51. The van der Waals surface area contributed by atoms with Crippen LogP contribution in [0.25, 0.3) is 0 Å². The molecule has 0 amide bonds. The number of aromatic nitrogens is 3. The van der Waals surface area contributed by atoms with Crippen molar-refractivity contribution >= 4 is 39.9 Å². The van der Waals surface area contributed by atoms with E-state index in [-0.39, 0.29) is 5.78 Å². The van der Waals surface area contributed by atoms with E-state index in [1.165, 1.54) is 3.57 Å². The predicted octanol–water partition coefficient (Wildman–Crippen LogP) is 3.23. The molecule has 1 aliphatic heterocycles. The van der Waals surface area contributed by atoms with E-state index in [4.69, 9.17) is 0 Å². The third-order valence-electron chi connectivity index (χ3n) is 4.88. The van der Waals surface area contributed by atoms with Gasteiger partial charge in [-0.25, -0.2) is 4.98 Å². The first-order valence-electron chi connectivity index (χ1n) is 9.18. The summed E-state index contributed by atoms with van der Waals surface area (Å²) in [6.07, 6.45) is 8.92. The minimum absolute atomic E-state index is 0.0914. The van der Waals surface area contributed by atoms with Crippen LogP contribution in [0.15, 0.2) is 61.3 Å². The predicted molar refractivity (Wildman–Crippen MR) is 118 cm³/mol. The van der Waals surface area contributed by atoms with Gasteiger partial charge in [0, 0.05) is 72.2 Å². The molecule has 0 radical (unpaired) electrons. The molecular weight excluding hydrogens is 465 g/mol. The first kappa shape index (κ1) is 18.8. The highest BCUT2D eigenvalue weighted by atomic mass is 127. The third kappa shape index (κ3) is 4.30. The number of ketones is 1. The number of benzene rings is 1. The number of hydrogen-bond acceptors (Lipinski definition) is 6. The molecule has 1 aliphatic rings. The Bertz CT molecular complexity index is 944. The molecule has 7 heteroatoms. The largest absolute Gasteiger partial charge is 0.368 e. The van der Waals surface area contributed by atoms with Gasteiger partial charge in [0.2, 0.25) is 0 Å². The van der Waals surface area contributed by atoms with Gasteiger partial charge in [0.25, 0.3) is 0 Å². The van der Waals surface area contributed by atoms with Crippen molar-refractivity contribution in [2.45, 2.75) is 6.42 Å². The van der Waals surface area contributed by atoms with Gasteiger partial charge >= 0.3 is 0 Å². The first-order chi connectivity index (χ1) is 13.7. The van der Waals surface area contributed by atoms with Gasteiger partial charge in [0.15, 0.2) is 5.78 Å². The van der Waals surface area contributed by atoms with Gasteiger partial charge in [0.1, 0.15) is 5.82 Å². The number of anilines is 2. The normalized spacial score (nSPS) is 14.2. The Kier molecular flexibility index (Phi) is 5.80. The highest BCUT2D eigenvalue weighted by Crippen LogP contribution is 2.26. The Morgan fingerprint density at radius 1 is 0.964 bits per heavy atom. The highest BCUT2D eigenvalue weighted by molar-refractivity contribution is 14.1. The zero-order chi connectivity index (χ0) is 19.3. The van der Waals surface area contributed by atoms with Crippen LogP contribution in [-0.4, -0.2) is 46.9 Å². The molecule has 3 aromatic rings. The van der Waals surface area contributed by atoms with Crippen LogP contribution in [0.4, 0.5) is 11.5 Å². The summed E-state index contributed by atoms with van der Waals surface area (Å²) in [5.74, 6) is 1.01.